The van der Waals surface area contributed by atoms with Crippen molar-refractivity contribution in [3.05, 3.63) is 53.3 Å². The van der Waals surface area contributed by atoms with E-state index in [1.165, 1.54) is 0 Å². The predicted molar refractivity (Wildman–Crippen MR) is 89.9 cm³/mol. The molecule has 0 radical (unpaired) electrons. The summed E-state index contributed by atoms with van der Waals surface area (Å²) in [6, 6.07) is 9.13. The van der Waals surface area contributed by atoms with Crippen LogP contribution in [-0.4, -0.2) is 21.7 Å². The van der Waals surface area contributed by atoms with E-state index in [4.69, 9.17) is 5.73 Å². The number of rotatable bonds is 5. The number of hydrogen-bond donors (Lipinski definition) is 2. The van der Waals surface area contributed by atoms with Gasteiger partial charge in [0.15, 0.2) is 0 Å². The summed E-state index contributed by atoms with van der Waals surface area (Å²) in [6.45, 7) is 3.87. The van der Waals surface area contributed by atoms with Crippen LogP contribution in [0.2, 0.25) is 0 Å². The molecule has 22 heavy (non-hydrogen) atoms. The van der Waals surface area contributed by atoms with Gasteiger partial charge in [0.2, 0.25) is 5.91 Å². The van der Waals surface area contributed by atoms with Crippen LogP contribution in [-0.2, 0) is 18.3 Å². The molecule has 2 rings (SSSR count). The maximum absolute atomic E-state index is 12.2. The SMILES string of the molecule is Cc1nn(C)cc1C(C)NC(=O)[C@@H](N)Cc1ccccc1.Cl. The largest absolute Gasteiger partial charge is 0.348 e. The predicted octanol–water partition coefficient (Wildman–Crippen LogP) is 1.90. The molecular formula is C16H23ClN4O. The van der Waals surface area contributed by atoms with Crippen molar-refractivity contribution in [1.29, 1.82) is 0 Å². The Labute approximate surface area is 137 Å². The molecule has 6 heteroatoms. The Bertz CT molecular complexity index is 612. The minimum absolute atomic E-state index is 0. The van der Waals surface area contributed by atoms with Crippen LogP contribution in [0.3, 0.4) is 0 Å². The smallest absolute Gasteiger partial charge is 0.237 e. The summed E-state index contributed by atoms with van der Waals surface area (Å²) in [7, 11) is 1.87. The standard InChI is InChI=1S/C16H22N4O.ClH/c1-11(14-10-20(3)19-12(14)2)18-16(21)15(17)9-13-7-5-4-6-8-13;/h4-8,10-11,15H,9,17H2,1-3H3,(H,18,21);1H/t11?,15-;/m0./s1. The van der Waals surface area contributed by atoms with E-state index in [0.717, 1.165) is 16.8 Å². The Kier molecular flexibility index (Phi) is 6.59. The second-order valence-electron chi connectivity index (χ2n) is 5.37. The molecule has 1 unspecified atom stereocenters. The van der Waals surface area contributed by atoms with Crippen LogP contribution >= 0.6 is 12.4 Å². The Hall–Kier alpha value is -1.85. The molecule has 5 nitrogen and oxygen atoms in total. The third-order valence-corrected chi connectivity index (χ3v) is 3.51. The van der Waals surface area contributed by atoms with Crippen molar-refractivity contribution in [2.75, 3.05) is 0 Å². The molecule has 1 amide bonds. The van der Waals surface area contributed by atoms with Gasteiger partial charge in [0.1, 0.15) is 0 Å². The fraction of sp³-hybridized carbons (Fsp3) is 0.375. The van der Waals surface area contributed by atoms with E-state index in [2.05, 4.69) is 10.4 Å². The zero-order valence-corrected chi connectivity index (χ0v) is 13.9. The van der Waals surface area contributed by atoms with Gasteiger partial charge in [-0.25, -0.2) is 0 Å². The number of benzene rings is 1. The van der Waals surface area contributed by atoms with Gasteiger partial charge in [0.25, 0.3) is 0 Å². The molecule has 120 valence electrons. The Morgan fingerprint density at radius 1 is 1.36 bits per heavy atom. The van der Waals surface area contributed by atoms with Crippen molar-refractivity contribution in [2.45, 2.75) is 32.4 Å². The number of nitrogens with two attached hydrogens (primary N) is 1. The van der Waals surface area contributed by atoms with E-state index in [1.54, 1.807) is 4.68 Å². The highest BCUT2D eigenvalue weighted by Gasteiger charge is 2.19. The Balaban J connectivity index is 0.00000242. The summed E-state index contributed by atoms with van der Waals surface area (Å²) in [4.78, 5) is 12.2. The molecule has 1 heterocycles. The van der Waals surface area contributed by atoms with E-state index < -0.39 is 6.04 Å². The average Bonchev–Trinajstić information content (AvgIpc) is 2.78. The van der Waals surface area contributed by atoms with Crippen LogP contribution in [0.1, 0.15) is 29.8 Å². The van der Waals surface area contributed by atoms with E-state index in [0.29, 0.717) is 6.42 Å². The molecule has 1 aromatic carbocycles. The van der Waals surface area contributed by atoms with Crippen LogP contribution in [0, 0.1) is 6.92 Å². The summed E-state index contributed by atoms with van der Waals surface area (Å²) in [5, 5.41) is 7.24. The topological polar surface area (TPSA) is 72.9 Å². The van der Waals surface area contributed by atoms with Crippen LogP contribution in [0.25, 0.3) is 0 Å². The lowest BCUT2D eigenvalue weighted by molar-refractivity contribution is -0.123. The van der Waals surface area contributed by atoms with Gasteiger partial charge in [-0.3, -0.25) is 9.48 Å². The molecule has 2 aromatic rings. The Morgan fingerprint density at radius 3 is 2.55 bits per heavy atom. The second-order valence-corrected chi connectivity index (χ2v) is 5.37. The molecule has 0 aliphatic heterocycles. The highest BCUT2D eigenvalue weighted by Crippen LogP contribution is 2.15. The number of aromatic nitrogens is 2. The number of nitrogens with one attached hydrogen (secondary N) is 1. The third-order valence-electron chi connectivity index (χ3n) is 3.51. The molecule has 2 atom stereocenters. The van der Waals surface area contributed by atoms with Crippen molar-refractivity contribution in [3.63, 3.8) is 0 Å². The fourth-order valence-corrected chi connectivity index (χ4v) is 2.40. The van der Waals surface area contributed by atoms with Crippen molar-refractivity contribution in [1.82, 2.24) is 15.1 Å². The van der Waals surface area contributed by atoms with Gasteiger partial charge in [-0.2, -0.15) is 5.10 Å². The van der Waals surface area contributed by atoms with Gasteiger partial charge in [0.05, 0.1) is 17.8 Å². The molecule has 0 spiro atoms. The van der Waals surface area contributed by atoms with Gasteiger partial charge < -0.3 is 11.1 Å². The molecule has 0 bridgehead atoms. The normalized spacial score (nSPS) is 13.1. The zero-order valence-electron chi connectivity index (χ0n) is 13.1. The van der Waals surface area contributed by atoms with Gasteiger partial charge in [-0.05, 0) is 25.8 Å². The van der Waals surface area contributed by atoms with Crippen LogP contribution in [0.15, 0.2) is 36.5 Å². The number of carbonyl (C=O) groups excluding carboxylic acids is 1. The number of carbonyl (C=O) groups is 1. The second kappa shape index (κ2) is 7.96. The van der Waals surface area contributed by atoms with Crippen LogP contribution < -0.4 is 11.1 Å². The number of hydrogen-bond acceptors (Lipinski definition) is 3. The van der Waals surface area contributed by atoms with E-state index >= 15 is 0 Å². The third kappa shape index (κ3) is 4.58. The van der Waals surface area contributed by atoms with Gasteiger partial charge in [-0.15, -0.1) is 12.4 Å². The lowest BCUT2D eigenvalue weighted by atomic mass is 10.0. The van der Waals surface area contributed by atoms with E-state index in [1.807, 2.05) is 57.4 Å². The maximum Gasteiger partial charge on any atom is 0.237 e. The van der Waals surface area contributed by atoms with Crippen molar-refractivity contribution in [3.8, 4) is 0 Å². The lowest BCUT2D eigenvalue weighted by Crippen LogP contribution is -2.43. The molecule has 0 saturated carbocycles. The van der Waals surface area contributed by atoms with Crippen LogP contribution in [0.5, 0.6) is 0 Å². The zero-order chi connectivity index (χ0) is 15.4. The molecular weight excluding hydrogens is 300 g/mol. The van der Waals surface area contributed by atoms with Crippen LogP contribution in [0.4, 0.5) is 0 Å². The first-order valence-corrected chi connectivity index (χ1v) is 7.07. The molecule has 0 saturated heterocycles. The lowest BCUT2D eigenvalue weighted by Gasteiger charge is -2.17. The summed E-state index contributed by atoms with van der Waals surface area (Å²) < 4.78 is 1.75. The highest BCUT2D eigenvalue weighted by molar-refractivity contribution is 5.85. The quantitative estimate of drug-likeness (QED) is 0.883. The first kappa shape index (κ1) is 18.2. The number of nitrogens with zero attached hydrogens (tertiary/aromatic N) is 2. The number of amides is 1. The average molecular weight is 323 g/mol. The maximum atomic E-state index is 12.2. The van der Waals surface area contributed by atoms with E-state index in [9.17, 15) is 4.79 Å². The van der Waals surface area contributed by atoms with E-state index in [-0.39, 0.29) is 24.4 Å². The molecule has 0 aliphatic rings. The highest BCUT2D eigenvalue weighted by atomic mass is 35.5. The van der Waals surface area contributed by atoms with Gasteiger partial charge in [0, 0.05) is 18.8 Å². The molecule has 0 aliphatic carbocycles. The molecule has 3 N–H and O–H groups in total. The summed E-state index contributed by atoms with van der Waals surface area (Å²) >= 11 is 0. The van der Waals surface area contributed by atoms with Gasteiger partial charge in [-0.1, -0.05) is 30.3 Å². The first-order chi connectivity index (χ1) is 9.97. The van der Waals surface area contributed by atoms with Crippen molar-refractivity contribution >= 4 is 18.3 Å². The van der Waals surface area contributed by atoms with Gasteiger partial charge >= 0.3 is 0 Å². The van der Waals surface area contributed by atoms with Crippen molar-refractivity contribution < 1.29 is 4.79 Å². The summed E-state index contributed by atoms with van der Waals surface area (Å²) in [6.07, 6.45) is 2.45. The minimum Gasteiger partial charge on any atom is -0.348 e. The fourth-order valence-electron chi connectivity index (χ4n) is 2.40. The Morgan fingerprint density at radius 2 is 2.00 bits per heavy atom. The first-order valence-electron chi connectivity index (χ1n) is 7.07. The number of halogens is 1. The number of aryl methyl sites for hydroxylation is 2. The summed E-state index contributed by atoms with van der Waals surface area (Å²) in [5.74, 6) is -0.144. The summed E-state index contributed by atoms with van der Waals surface area (Å²) in [5.41, 5.74) is 8.98. The monoisotopic (exact) mass is 322 g/mol. The minimum atomic E-state index is -0.549. The molecule has 1 aromatic heterocycles. The van der Waals surface area contributed by atoms with Crippen molar-refractivity contribution in [2.24, 2.45) is 12.8 Å². The molecule has 0 fully saturated rings.